The van der Waals surface area contributed by atoms with Gasteiger partial charge >= 0.3 is 0 Å². The molecule has 0 saturated carbocycles. The molecule has 1 spiro atoms. The van der Waals surface area contributed by atoms with E-state index in [-0.39, 0.29) is 11.2 Å². The highest BCUT2D eigenvalue weighted by molar-refractivity contribution is 5.09. The van der Waals surface area contributed by atoms with Gasteiger partial charge in [-0.25, -0.2) is 0 Å². The van der Waals surface area contributed by atoms with E-state index < -0.39 is 0 Å². The Hall–Kier alpha value is -0.340. The number of hydrogen-bond acceptors (Lipinski definition) is 2. The van der Waals surface area contributed by atoms with E-state index in [2.05, 4.69) is 26.0 Å². The van der Waals surface area contributed by atoms with E-state index in [1.54, 1.807) is 0 Å². The van der Waals surface area contributed by atoms with Crippen molar-refractivity contribution in [3.8, 4) is 0 Å². The Bertz CT molecular complexity index is 200. The van der Waals surface area contributed by atoms with Crippen molar-refractivity contribution in [2.24, 2.45) is 5.41 Å². The zero-order chi connectivity index (χ0) is 8.66. The molecule has 0 atom stereocenters. The van der Waals surface area contributed by atoms with E-state index in [1.165, 1.54) is 0 Å². The first kappa shape index (κ1) is 8.27. The smallest absolute Gasteiger partial charge is 0.177 e. The summed E-state index contributed by atoms with van der Waals surface area (Å²) in [5, 5.41) is 0. The van der Waals surface area contributed by atoms with Crippen molar-refractivity contribution in [2.45, 2.75) is 32.5 Å². The summed E-state index contributed by atoms with van der Waals surface area (Å²) in [6, 6.07) is 0. The van der Waals surface area contributed by atoms with Gasteiger partial charge in [0.2, 0.25) is 0 Å². The van der Waals surface area contributed by atoms with Crippen LogP contribution in [-0.4, -0.2) is 19.0 Å². The standard InChI is InChI=1S/C10H16O2/c1-9(2)5-3-4-6-10(9)11-7-8-12-10/h3,5H,4,6-8H2,1-2H3. The lowest BCUT2D eigenvalue weighted by molar-refractivity contribution is -0.219. The minimum absolute atomic E-state index is 0.0295. The maximum atomic E-state index is 5.72. The number of rotatable bonds is 0. The lowest BCUT2D eigenvalue weighted by Gasteiger charge is -2.42. The molecule has 2 heteroatoms. The van der Waals surface area contributed by atoms with Crippen molar-refractivity contribution in [2.75, 3.05) is 13.2 Å². The van der Waals surface area contributed by atoms with Crippen LogP contribution >= 0.6 is 0 Å². The first-order valence-corrected chi connectivity index (χ1v) is 4.62. The third-order valence-corrected chi connectivity index (χ3v) is 2.91. The van der Waals surface area contributed by atoms with Gasteiger partial charge in [-0.05, 0) is 6.42 Å². The van der Waals surface area contributed by atoms with Crippen molar-refractivity contribution in [3.63, 3.8) is 0 Å². The fourth-order valence-corrected chi connectivity index (χ4v) is 2.07. The van der Waals surface area contributed by atoms with Crippen molar-refractivity contribution >= 4 is 0 Å². The monoisotopic (exact) mass is 168 g/mol. The molecule has 1 aliphatic carbocycles. The summed E-state index contributed by atoms with van der Waals surface area (Å²) in [6.07, 6.45) is 6.50. The largest absolute Gasteiger partial charge is 0.347 e. The van der Waals surface area contributed by atoms with E-state index >= 15 is 0 Å². The average molecular weight is 168 g/mol. The summed E-state index contributed by atoms with van der Waals surface area (Å²) in [4.78, 5) is 0. The van der Waals surface area contributed by atoms with Gasteiger partial charge in [0.25, 0.3) is 0 Å². The SMILES string of the molecule is CC1(C)C=CCCC12OCCO2. The van der Waals surface area contributed by atoms with Crippen LogP contribution in [0, 0.1) is 5.41 Å². The minimum atomic E-state index is -0.318. The molecular weight excluding hydrogens is 152 g/mol. The van der Waals surface area contributed by atoms with E-state index in [0.29, 0.717) is 0 Å². The fourth-order valence-electron chi connectivity index (χ4n) is 2.07. The average Bonchev–Trinajstić information content (AvgIpc) is 2.46. The molecule has 0 radical (unpaired) electrons. The van der Waals surface area contributed by atoms with Gasteiger partial charge in [-0.2, -0.15) is 0 Å². The van der Waals surface area contributed by atoms with Gasteiger partial charge in [-0.3, -0.25) is 0 Å². The van der Waals surface area contributed by atoms with Crippen LogP contribution in [0.15, 0.2) is 12.2 Å². The van der Waals surface area contributed by atoms with Gasteiger partial charge in [0, 0.05) is 11.8 Å². The highest BCUT2D eigenvalue weighted by Gasteiger charge is 2.49. The van der Waals surface area contributed by atoms with Crippen LogP contribution in [0.3, 0.4) is 0 Å². The molecule has 1 heterocycles. The molecule has 0 unspecified atom stereocenters. The molecule has 0 bridgehead atoms. The van der Waals surface area contributed by atoms with Crippen LogP contribution < -0.4 is 0 Å². The highest BCUT2D eigenvalue weighted by Crippen LogP contribution is 2.45. The zero-order valence-electron chi connectivity index (χ0n) is 7.80. The van der Waals surface area contributed by atoms with E-state index in [0.717, 1.165) is 26.1 Å². The number of ether oxygens (including phenoxy) is 2. The van der Waals surface area contributed by atoms with Crippen LogP contribution in [-0.2, 0) is 9.47 Å². The molecule has 1 saturated heterocycles. The summed E-state index contributed by atoms with van der Waals surface area (Å²) in [7, 11) is 0. The molecule has 2 rings (SSSR count). The van der Waals surface area contributed by atoms with Crippen molar-refractivity contribution in [1.82, 2.24) is 0 Å². The van der Waals surface area contributed by atoms with E-state index in [4.69, 9.17) is 9.47 Å². The predicted molar refractivity (Wildman–Crippen MR) is 46.8 cm³/mol. The summed E-state index contributed by atoms with van der Waals surface area (Å²) in [5.41, 5.74) is 0.0295. The lowest BCUT2D eigenvalue weighted by atomic mass is 9.77. The van der Waals surface area contributed by atoms with Gasteiger partial charge in [0.15, 0.2) is 5.79 Å². The molecule has 2 aliphatic rings. The second kappa shape index (κ2) is 2.57. The second-order valence-corrected chi connectivity index (χ2v) is 4.11. The molecule has 2 nitrogen and oxygen atoms in total. The van der Waals surface area contributed by atoms with Gasteiger partial charge in [-0.15, -0.1) is 0 Å². The number of hydrogen-bond donors (Lipinski definition) is 0. The molecule has 12 heavy (non-hydrogen) atoms. The zero-order valence-corrected chi connectivity index (χ0v) is 7.80. The van der Waals surface area contributed by atoms with Crippen LogP contribution in [0.4, 0.5) is 0 Å². The third kappa shape index (κ3) is 1.02. The van der Waals surface area contributed by atoms with Crippen LogP contribution in [0.5, 0.6) is 0 Å². The first-order valence-electron chi connectivity index (χ1n) is 4.62. The van der Waals surface area contributed by atoms with Crippen LogP contribution in [0.1, 0.15) is 26.7 Å². The quantitative estimate of drug-likeness (QED) is 0.516. The molecule has 1 fully saturated rings. The minimum Gasteiger partial charge on any atom is -0.347 e. The molecule has 0 amide bonds. The summed E-state index contributed by atoms with van der Waals surface area (Å²) in [5.74, 6) is -0.318. The second-order valence-electron chi connectivity index (χ2n) is 4.11. The van der Waals surface area contributed by atoms with Crippen LogP contribution in [0.2, 0.25) is 0 Å². The van der Waals surface area contributed by atoms with Gasteiger partial charge in [-0.1, -0.05) is 26.0 Å². The predicted octanol–water partition coefficient (Wildman–Crippen LogP) is 2.11. The molecule has 0 N–H and O–H groups in total. The number of allylic oxidation sites excluding steroid dienone is 1. The molecular formula is C10H16O2. The molecule has 0 aromatic rings. The van der Waals surface area contributed by atoms with Gasteiger partial charge < -0.3 is 9.47 Å². The van der Waals surface area contributed by atoms with Crippen molar-refractivity contribution in [3.05, 3.63) is 12.2 Å². The maximum Gasteiger partial charge on any atom is 0.177 e. The summed E-state index contributed by atoms with van der Waals surface area (Å²) in [6.45, 7) is 5.84. The molecule has 0 aromatic carbocycles. The summed E-state index contributed by atoms with van der Waals surface area (Å²) >= 11 is 0. The Morgan fingerprint density at radius 3 is 2.42 bits per heavy atom. The Morgan fingerprint density at radius 2 is 1.83 bits per heavy atom. The molecule has 1 aliphatic heterocycles. The van der Waals surface area contributed by atoms with Gasteiger partial charge in [0.1, 0.15) is 0 Å². The topological polar surface area (TPSA) is 18.5 Å². The third-order valence-electron chi connectivity index (χ3n) is 2.91. The van der Waals surface area contributed by atoms with Crippen LogP contribution in [0.25, 0.3) is 0 Å². The Labute approximate surface area is 73.5 Å². The first-order chi connectivity index (χ1) is 5.66. The fraction of sp³-hybridized carbons (Fsp3) is 0.800. The Balaban J connectivity index is 2.28. The molecule has 0 aromatic heterocycles. The highest BCUT2D eigenvalue weighted by atomic mass is 16.7. The Kier molecular flexibility index (Phi) is 1.77. The van der Waals surface area contributed by atoms with Gasteiger partial charge in [0.05, 0.1) is 13.2 Å². The lowest BCUT2D eigenvalue weighted by Crippen LogP contribution is -2.46. The maximum absolute atomic E-state index is 5.72. The van der Waals surface area contributed by atoms with E-state index in [9.17, 15) is 0 Å². The Morgan fingerprint density at radius 1 is 1.17 bits per heavy atom. The van der Waals surface area contributed by atoms with Crippen molar-refractivity contribution < 1.29 is 9.47 Å². The molecule has 68 valence electrons. The van der Waals surface area contributed by atoms with Crippen molar-refractivity contribution in [1.29, 1.82) is 0 Å². The normalized spacial score (nSPS) is 31.2. The summed E-state index contributed by atoms with van der Waals surface area (Å²) < 4.78 is 11.4. The van der Waals surface area contributed by atoms with E-state index in [1.807, 2.05) is 0 Å².